The number of halogens is 1. The van der Waals surface area contributed by atoms with E-state index < -0.39 is 0 Å². The van der Waals surface area contributed by atoms with Crippen molar-refractivity contribution in [3.63, 3.8) is 0 Å². The molecule has 3 heteroatoms. The fraction of sp³-hybridized carbons (Fsp3) is 1.00. The molecule has 0 bridgehead atoms. The van der Waals surface area contributed by atoms with Gasteiger partial charge in [0.15, 0.2) is 0 Å². The number of hydrogen-bond acceptors (Lipinski definition) is 2. The van der Waals surface area contributed by atoms with Gasteiger partial charge in [-0.25, -0.2) is 0 Å². The van der Waals surface area contributed by atoms with Crippen molar-refractivity contribution in [2.45, 2.75) is 26.3 Å². The van der Waals surface area contributed by atoms with Crippen LogP contribution in [0.5, 0.6) is 0 Å². The fourth-order valence-corrected chi connectivity index (χ4v) is 0.754. The molecule has 1 unspecified atom stereocenters. The van der Waals surface area contributed by atoms with Gasteiger partial charge in [-0.05, 0) is 16.9 Å². The summed E-state index contributed by atoms with van der Waals surface area (Å²) in [7, 11) is 0. The molecule has 0 aromatic rings. The molecule has 0 aliphatic rings. The maximum absolute atomic E-state index is 11.1. The third-order valence-electron chi connectivity index (χ3n) is 1.05. The standard InChI is InChI=1S/C6H14FNO/c1-5(2)3-6(8)4-9-7/h5-6H,3-4,8H2,1-2H3. The first-order chi connectivity index (χ1) is 4.16. The van der Waals surface area contributed by atoms with E-state index >= 15 is 0 Å². The highest BCUT2D eigenvalue weighted by atomic mass is 19.3. The lowest BCUT2D eigenvalue weighted by atomic mass is 10.1. The van der Waals surface area contributed by atoms with Crippen LogP contribution in [0.2, 0.25) is 0 Å². The Morgan fingerprint density at radius 3 is 2.44 bits per heavy atom. The zero-order chi connectivity index (χ0) is 7.28. The summed E-state index contributed by atoms with van der Waals surface area (Å²) in [4.78, 5) is 3.38. The third-order valence-corrected chi connectivity index (χ3v) is 1.05. The Kier molecular flexibility index (Phi) is 4.62. The average Bonchev–Trinajstić information content (AvgIpc) is 1.63. The minimum absolute atomic E-state index is 0.0121. The van der Waals surface area contributed by atoms with Crippen LogP contribution in [0.15, 0.2) is 0 Å². The van der Waals surface area contributed by atoms with Crippen LogP contribution in [0.4, 0.5) is 4.53 Å². The van der Waals surface area contributed by atoms with Crippen LogP contribution in [0, 0.1) is 5.92 Å². The molecule has 0 radical (unpaired) electrons. The largest absolute Gasteiger partial charge is 0.326 e. The van der Waals surface area contributed by atoms with Crippen molar-refractivity contribution in [1.82, 2.24) is 0 Å². The minimum Gasteiger partial charge on any atom is -0.326 e. The van der Waals surface area contributed by atoms with E-state index in [-0.39, 0.29) is 12.6 Å². The first-order valence-corrected chi connectivity index (χ1v) is 3.16. The van der Waals surface area contributed by atoms with E-state index in [9.17, 15) is 4.53 Å². The summed E-state index contributed by atoms with van der Waals surface area (Å²) in [5.74, 6) is 0.509. The Morgan fingerprint density at radius 2 is 2.11 bits per heavy atom. The van der Waals surface area contributed by atoms with Crippen molar-refractivity contribution in [2.24, 2.45) is 11.7 Å². The van der Waals surface area contributed by atoms with Gasteiger partial charge in [0.1, 0.15) is 6.61 Å². The normalized spacial score (nSPS) is 14.3. The molecule has 0 saturated heterocycles. The molecular weight excluding hydrogens is 121 g/mol. The predicted molar refractivity (Wildman–Crippen MR) is 34.5 cm³/mol. The molecule has 0 saturated carbocycles. The van der Waals surface area contributed by atoms with Gasteiger partial charge in [0.25, 0.3) is 0 Å². The maximum Gasteiger partial charge on any atom is 0.103 e. The molecule has 0 aliphatic heterocycles. The van der Waals surface area contributed by atoms with E-state index in [0.29, 0.717) is 5.92 Å². The molecule has 0 spiro atoms. The Labute approximate surface area is 55.1 Å². The minimum atomic E-state index is -0.157. The van der Waals surface area contributed by atoms with E-state index in [1.54, 1.807) is 0 Å². The Morgan fingerprint density at radius 1 is 1.56 bits per heavy atom. The van der Waals surface area contributed by atoms with Crippen LogP contribution in [0.25, 0.3) is 0 Å². The maximum atomic E-state index is 11.1. The summed E-state index contributed by atoms with van der Waals surface area (Å²) in [6, 6.07) is -0.157. The van der Waals surface area contributed by atoms with Crippen LogP contribution < -0.4 is 5.73 Å². The molecule has 0 aromatic carbocycles. The molecule has 56 valence electrons. The van der Waals surface area contributed by atoms with Crippen molar-refractivity contribution in [1.29, 1.82) is 0 Å². The second-order valence-electron chi connectivity index (χ2n) is 2.67. The van der Waals surface area contributed by atoms with E-state index in [2.05, 4.69) is 4.94 Å². The lowest BCUT2D eigenvalue weighted by Gasteiger charge is -2.09. The molecule has 0 aliphatic carbocycles. The van der Waals surface area contributed by atoms with Crippen LogP contribution in [0.1, 0.15) is 20.3 Å². The van der Waals surface area contributed by atoms with Crippen LogP contribution in [0.3, 0.4) is 0 Å². The van der Waals surface area contributed by atoms with E-state index in [0.717, 1.165) is 6.42 Å². The monoisotopic (exact) mass is 135 g/mol. The third kappa shape index (κ3) is 5.73. The first-order valence-electron chi connectivity index (χ1n) is 3.16. The van der Waals surface area contributed by atoms with E-state index in [1.807, 2.05) is 13.8 Å². The van der Waals surface area contributed by atoms with Crippen molar-refractivity contribution >= 4 is 0 Å². The molecule has 9 heavy (non-hydrogen) atoms. The number of nitrogens with two attached hydrogens (primary N) is 1. The highest BCUT2D eigenvalue weighted by Gasteiger charge is 2.04. The van der Waals surface area contributed by atoms with Gasteiger partial charge in [0.05, 0.1) is 0 Å². The molecule has 0 fully saturated rings. The van der Waals surface area contributed by atoms with Gasteiger partial charge < -0.3 is 5.73 Å². The number of rotatable bonds is 4. The Bertz CT molecular complexity index is 68.1. The molecule has 1 atom stereocenters. The Hall–Kier alpha value is -0.150. The smallest absolute Gasteiger partial charge is 0.103 e. The highest BCUT2D eigenvalue weighted by Crippen LogP contribution is 2.02. The van der Waals surface area contributed by atoms with Crippen molar-refractivity contribution in [3.05, 3.63) is 0 Å². The molecule has 0 rings (SSSR count). The summed E-state index contributed by atoms with van der Waals surface area (Å²) in [6.45, 7) is 4.09. The molecular formula is C6H14FNO. The topological polar surface area (TPSA) is 35.2 Å². The summed E-state index contributed by atoms with van der Waals surface area (Å²) >= 11 is 0. The highest BCUT2D eigenvalue weighted by molar-refractivity contribution is 4.60. The zero-order valence-electron chi connectivity index (χ0n) is 5.93. The second-order valence-corrected chi connectivity index (χ2v) is 2.67. The predicted octanol–water partition coefficient (Wildman–Crippen LogP) is 1.26. The summed E-state index contributed by atoms with van der Waals surface area (Å²) in [5, 5.41) is 0. The van der Waals surface area contributed by atoms with Crippen LogP contribution >= 0.6 is 0 Å². The van der Waals surface area contributed by atoms with E-state index in [4.69, 9.17) is 5.73 Å². The van der Waals surface area contributed by atoms with Gasteiger partial charge in [0, 0.05) is 6.04 Å². The van der Waals surface area contributed by atoms with Gasteiger partial charge >= 0.3 is 0 Å². The van der Waals surface area contributed by atoms with Gasteiger partial charge in [-0.15, -0.1) is 0 Å². The molecule has 0 amide bonds. The van der Waals surface area contributed by atoms with Crippen LogP contribution in [-0.4, -0.2) is 12.6 Å². The van der Waals surface area contributed by atoms with Gasteiger partial charge in [-0.3, -0.25) is 0 Å². The number of hydrogen-bond donors (Lipinski definition) is 1. The van der Waals surface area contributed by atoms with Crippen molar-refractivity contribution < 1.29 is 9.47 Å². The molecule has 2 nitrogen and oxygen atoms in total. The molecule has 0 aromatic heterocycles. The average molecular weight is 135 g/mol. The van der Waals surface area contributed by atoms with Gasteiger partial charge in [-0.2, -0.15) is 4.94 Å². The van der Waals surface area contributed by atoms with Gasteiger partial charge in [0.2, 0.25) is 0 Å². The fourth-order valence-electron chi connectivity index (χ4n) is 0.754. The van der Waals surface area contributed by atoms with E-state index in [1.165, 1.54) is 0 Å². The second kappa shape index (κ2) is 4.70. The summed E-state index contributed by atoms with van der Waals surface area (Å²) in [5.41, 5.74) is 5.42. The summed E-state index contributed by atoms with van der Waals surface area (Å²) in [6.07, 6.45) is 0.809. The van der Waals surface area contributed by atoms with Crippen LogP contribution in [-0.2, 0) is 4.94 Å². The SMILES string of the molecule is CC(C)CC(N)COF. The quantitative estimate of drug-likeness (QED) is 0.629. The summed E-state index contributed by atoms with van der Waals surface area (Å²) < 4.78 is 11.1. The first kappa shape index (κ1) is 8.85. The zero-order valence-corrected chi connectivity index (χ0v) is 5.93. The lowest BCUT2D eigenvalue weighted by Crippen LogP contribution is -2.26. The Balaban J connectivity index is 3.15. The lowest BCUT2D eigenvalue weighted by molar-refractivity contribution is -0.137. The van der Waals surface area contributed by atoms with Gasteiger partial charge in [-0.1, -0.05) is 13.8 Å². The van der Waals surface area contributed by atoms with Crippen molar-refractivity contribution in [2.75, 3.05) is 6.61 Å². The van der Waals surface area contributed by atoms with Crippen molar-refractivity contribution in [3.8, 4) is 0 Å². The molecule has 2 N–H and O–H groups in total. The molecule has 0 heterocycles.